The van der Waals surface area contributed by atoms with Crippen molar-refractivity contribution in [3.63, 3.8) is 0 Å². The lowest BCUT2D eigenvalue weighted by atomic mass is 10.1. The van der Waals surface area contributed by atoms with Crippen LogP contribution in [0.3, 0.4) is 0 Å². The van der Waals surface area contributed by atoms with Gasteiger partial charge >= 0.3 is 0 Å². The lowest BCUT2D eigenvalue weighted by molar-refractivity contribution is -0.129. The first-order valence-electron chi connectivity index (χ1n) is 10.8. The van der Waals surface area contributed by atoms with Gasteiger partial charge in [-0.1, -0.05) is 54.1 Å². The number of hydrogen-bond donors (Lipinski definition) is 0. The maximum atomic E-state index is 13.4. The first-order valence-corrected chi connectivity index (χ1v) is 12.6. The molecule has 0 saturated carbocycles. The lowest BCUT2D eigenvalue weighted by Gasteiger charge is -2.37. The highest BCUT2D eigenvalue weighted by atomic mass is 35.5. The van der Waals surface area contributed by atoms with Crippen LogP contribution in [0.2, 0.25) is 5.02 Å². The monoisotopic (exact) mass is 483 g/mol. The highest BCUT2D eigenvalue weighted by Gasteiger charge is 2.30. The van der Waals surface area contributed by atoms with Gasteiger partial charge in [0.15, 0.2) is 0 Å². The summed E-state index contributed by atoms with van der Waals surface area (Å²) in [5.74, 6) is -0.221. The molecule has 0 spiro atoms. The number of hydrogen-bond acceptors (Lipinski definition) is 4. The van der Waals surface area contributed by atoms with Gasteiger partial charge in [-0.25, -0.2) is 8.42 Å². The van der Waals surface area contributed by atoms with E-state index in [2.05, 4.69) is 4.90 Å². The summed E-state index contributed by atoms with van der Waals surface area (Å²) in [7, 11) is -3.89. The van der Waals surface area contributed by atoms with Crippen LogP contribution in [0.25, 0.3) is 0 Å². The molecule has 1 amide bonds. The summed E-state index contributed by atoms with van der Waals surface area (Å²) < 4.78 is 28.0. The van der Waals surface area contributed by atoms with Gasteiger partial charge < -0.3 is 9.80 Å². The van der Waals surface area contributed by atoms with E-state index >= 15 is 0 Å². The van der Waals surface area contributed by atoms with E-state index in [1.54, 1.807) is 59.5 Å². The van der Waals surface area contributed by atoms with E-state index in [1.807, 2.05) is 31.2 Å². The first kappa shape index (κ1) is 23.1. The third-order valence-corrected chi connectivity index (χ3v) is 7.82. The molecule has 0 aromatic heterocycles. The molecule has 3 aromatic carbocycles. The molecule has 0 radical (unpaired) electrons. The minimum absolute atomic E-state index is 0.155. The number of sulfonamides is 1. The summed E-state index contributed by atoms with van der Waals surface area (Å²) in [5, 5.41) is 0.679. The van der Waals surface area contributed by atoms with Crippen LogP contribution in [0.4, 0.5) is 11.4 Å². The van der Waals surface area contributed by atoms with Crippen LogP contribution >= 0.6 is 11.6 Å². The van der Waals surface area contributed by atoms with Gasteiger partial charge in [-0.3, -0.25) is 9.10 Å². The topological polar surface area (TPSA) is 60.9 Å². The molecule has 1 saturated heterocycles. The molecule has 172 valence electrons. The van der Waals surface area contributed by atoms with E-state index in [4.69, 9.17) is 11.6 Å². The van der Waals surface area contributed by atoms with E-state index in [1.165, 1.54) is 4.31 Å². The predicted octanol–water partition coefficient (Wildman–Crippen LogP) is 4.19. The summed E-state index contributed by atoms with van der Waals surface area (Å²) in [5.41, 5.74) is 2.65. The molecular formula is C25H26ClN3O3S. The number of halogens is 1. The maximum Gasteiger partial charge on any atom is 0.264 e. The zero-order chi connectivity index (χ0) is 23.4. The van der Waals surface area contributed by atoms with Crippen molar-refractivity contribution in [3.05, 3.63) is 89.4 Å². The molecule has 0 atom stereocenters. The minimum Gasteiger partial charge on any atom is -0.368 e. The number of nitrogens with zero attached hydrogens (tertiary/aromatic N) is 3. The maximum absolute atomic E-state index is 13.4. The zero-order valence-electron chi connectivity index (χ0n) is 18.4. The number of piperazine rings is 1. The normalized spacial score (nSPS) is 14.2. The Labute approximate surface area is 200 Å². The van der Waals surface area contributed by atoms with Gasteiger partial charge in [-0.2, -0.15) is 0 Å². The number of benzene rings is 3. The molecule has 6 nitrogen and oxygen atoms in total. The largest absolute Gasteiger partial charge is 0.368 e. The molecule has 0 bridgehead atoms. The fraction of sp³-hybridized carbons (Fsp3) is 0.240. The molecule has 0 N–H and O–H groups in total. The minimum atomic E-state index is -3.89. The standard InChI is InChI=1S/C25H26ClN3O3S/c1-20-12-13-21(26)18-24(20)27-14-16-28(17-15-27)25(30)19-29(22-8-4-2-5-9-22)33(31,32)23-10-6-3-7-11-23/h2-13,18H,14-17,19H2,1H3. The van der Waals surface area contributed by atoms with Crippen molar-refractivity contribution in [2.45, 2.75) is 11.8 Å². The summed E-state index contributed by atoms with van der Waals surface area (Å²) in [6.45, 7) is 4.12. The number of carbonyl (C=O) groups is 1. The molecule has 3 aromatic rings. The third kappa shape index (κ3) is 5.15. The molecule has 1 aliphatic rings. The van der Waals surface area contributed by atoms with Crippen LogP contribution in [0.5, 0.6) is 0 Å². The van der Waals surface area contributed by atoms with Crippen molar-refractivity contribution in [3.8, 4) is 0 Å². The molecular weight excluding hydrogens is 458 g/mol. The summed E-state index contributed by atoms with van der Waals surface area (Å²) in [6, 6.07) is 22.7. The highest BCUT2D eigenvalue weighted by Crippen LogP contribution is 2.26. The van der Waals surface area contributed by atoms with Crippen LogP contribution < -0.4 is 9.21 Å². The molecule has 4 rings (SSSR count). The Kier molecular flexibility index (Phi) is 6.91. The van der Waals surface area contributed by atoms with Crippen LogP contribution in [0.15, 0.2) is 83.8 Å². The molecule has 8 heteroatoms. The number of rotatable bonds is 6. The lowest BCUT2D eigenvalue weighted by Crippen LogP contribution is -2.52. The van der Waals surface area contributed by atoms with E-state index < -0.39 is 10.0 Å². The van der Waals surface area contributed by atoms with Gasteiger partial charge in [-0.15, -0.1) is 0 Å². The van der Waals surface area contributed by atoms with Crippen LogP contribution in [-0.2, 0) is 14.8 Å². The van der Waals surface area contributed by atoms with E-state index in [0.29, 0.717) is 36.9 Å². The average molecular weight is 484 g/mol. The van der Waals surface area contributed by atoms with Gasteiger partial charge in [0.1, 0.15) is 6.54 Å². The van der Waals surface area contributed by atoms with Crippen molar-refractivity contribution in [2.75, 3.05) is 41.9 Å². The van der Waals surface area contributed by atoms with Crippen molar-refractivity contribution in [1.82, 2.24) is 4.90 Å². The average Bonchev–Trinajstić information content (AvgIpc) is 2.85. The molecule has 1 aliphatic heterocycles. The van der Waals surface area contributed by atoms with Gasteiger partial charge in [0.25, 0.3) is 10.0 Å². The number of anilines is 2. The van der Waals surface area contributed by atoms with Gasteiger partial charge in [-0.05, 0) is 48.9 Å². The number of amides is 1. The van der Waals surface area contributed by atoms with Gasteiger partial charge in [0.2, 0.25) is 5.91 Å². The molecule has 0 aliphatic carbocycles. The molecule has 33 heavy (non-hydrogen) atoms. The number of aryl methyl sites for hydroxylation is 1. The summed E-state index contributed by atoms with van der Waals surface area (Å²) in [6.07, 6.45) is 0. The van der Waals surface area contributed by atoms with Crippen LogP contribution in [0.1, 0.15) is 5.56 Å². The quantitative estimate of drug-likeness (QED) is 0.527. The number of para-hydroxylation sites is 1. The third-order valence-electron chi connectivity index (χ3n) is 5.80. The van der Waals surface area contributed by atoms with E-state index in [0.717, 1.165) is 11.3 Å². The fourth-order valence-corrected chi connectivity index (χ4v) is 5.57. The molecule has 1 fully saturated rings. The van der Waals surface area contributed by atoms with E-state index in [9.17, 15) is 13.2 Å². The van der Waals surface area contributed by atoms with Crippen molar-refractivity contribution >= 4 is 38.9 Å². The second-order valence-corrected chi connectivity index (χ2v) is 10.3. The second kappa shape index (κ2) is 9.85. The predicted molar refractivity (Wildman–Crippen MR) is 132 cm³/mol. The smallest absolute Gasteiger partial charge is 0.264 e. The first-order chi connectivity index (χ1) is 15.9. The van der Waals surface area contributed by atoms with E-state index in [-0.39, 0.29) is 17.3 Å². The molecule has 1 heterocycles. The van der Waals surface area contributed by atoms with Crippen molar-refractivity contribution < 1.29 is 13.2 Å². The molecule has 0 unspecified atom stereocenters. The Morgan fingerprint density at radius 1 is 0.909 bits per heavy atom. The zero-order valence-corrected chi connectivity index (χ0v) is 20.0. The summed E-state index contributed by atoms with van der Waals surface area (Å²) in [4.78, 5) is 17.3. The second-order valence-electron chi connectivity index (χ2n) is 7.96. The van der Waals surface area contributed by atoms with Crippen molar-refractivity contribution in [2.24, 2.45) is 0 Å². The van der Waals surface area contributed by atoms with Crippen LogP contribution in [-0.4, -0.2) is 51.9 Å². The Hall–Kier alpha value is -3.03. The number of carbonyl (C=O) groups excluding carboxylic acids is 1. The Bertz CT molecular complexity index is 1210. The summed E-state index contributed by atoms with van der Waals surface area (Å²) >= 11 is 6.17. The van der Waals surface area contributed by atoms with Crippen molar-refractivity contribution in [1.29, 1.82) is 0 Å². The fourth-order valence-electron chi connectivity index (χ4n) is 3.97. The Balaban J connectivity index is 1.51. The van der Waals surface area contributed by atoms with Crippen LogP contribution in [0, 0.1) is 6.92 Å². The Morgan fingerprint density at radius 3 is 2.15 bits per heavy atom. The Morgan fingerprint density at radius 2 is 1.52 bits per heavy atom. The van der Waals surface area contributed by atoms with Gasteiger partial charge in [0.05, 0.1) is 10.6 Å². The highest BCUT2D eigenvalue weighted by molar-refractivity contribution is 7.92. The SMILES string of the molecule is Cc1ccc(Cl)cc1N1CCN(C(=O)CN(c2ccccc2)S(=O)(=O)c2ccccc2)CC1. The van der Waals surface area contributed by atoms with Gasteiger partial charge in [0, 0.05) is 36.9 Å².